The lowest BCUT2D eigenvalue weighted by atomic mass is 9.92. The first-order valence-electron chi connectivity index (χ1n) is 6.01. The molecule has 6 heteroatoms. The zero-order valence-corrected chi connectivity index (χ0v) is 10.6. The summed E-state index contributed by atoms with van der Waals surface area (Å²) in [6.45, 7) is 1.79. The molecule has 0 fully saturated rings. The molecule has 1 aromatic rings. The standard InChI is InChI=1S/C13H16N2O4/c1-7(4-12(17)18)13(14)8-2-3-10-9(5-8)15-11(16)6-19-10/h2-3,5,7,13H,4,6,14H2,1H3,(H,15,16)(H,17,18). The van der Waals surface area contributed by atoms with Crippen molar-refractivity contribution in [1.82, 2.24) is 0 Å². The molecule has 4 N–H and O–H groups in total. The van der Waals surface area contributed by atoms with E-state index in [1.165, 1.54) is 0 Å². The number of rotatable bonds is 4. The number of carbonyl (C=O) groups is 2. The molecule has 0 aromatic heterocycles. The number of nitrogens with two attached hydrogens (primary N) is 1. The average molecular weight is 264 g/mol. The summed E-state index contributed by atoms with van der Waals surface area (Å²) in [4.78, 5) is 21.9. The van der Waals surface area contributed by atoms with E-state index in [0.29, 0.717) is 11.4 Å². The number of hydrogen-bond donors (Lipinski definition) is 3. The highest BCUT2D eigenvalue weighted by Crippen LogP contribution is 2.32. The zero-order chi connectivity index (χ0) is 14.0. The third-order valence-corrected chi connectivity index (χ3v) is 3.13. The van der Waals surface area contributed by atoms with Crippen LogP contribution in [0.3, 0.4) is 0 Å². The minimum Gasteiger partial charge on any atom is -0.482 e. The molecule has 0 aliphatic carbocycles. The Morgan fingerprint density at radius 2 is 2.32 bits per heavy atom. The van der Waals surface area contributed by atoms with Gasteiger partial charge in [0.1, 0.15) is 5.75 Å². The summed E-state index contributed by atoms with van der Waals surface area (Å²) in [5.41, 5.74) is 7.39. The molecule has 1 aromatic carbocycles. The van der Waals surface area contributed by atoms with Crippen molar-refractivity contribution in [2.45, 2.75) is 19.4 Å². The van der Waals surface area contributed by atoms with Gasteiger partial charge in [-0.3, -0.25) is 9.59 Å². The predicted octanol–water partition coefficient (Wildman–Crippen LogP) is 1.13. The number of anilines is 1. The van der Waals surface area contributed by atoms with Gasteiger partial charge in [0.15, 0.2) is 6.61 Å². The molecule has 0 saturated carbocycles. The molecule has 6 nitrogen and oxygen atoms in total. The molecule has 19 heavy (non-hydrogen) atoms. The number of carboxylic acid groups (broad SMARTS) is 1. The van der Waals surface area contributed by atoms with E-state index in [0.717, 1.165) is 5.56 Å². The second kappa shape index (κ2) is 5.27. The van der Waals surface area contributed by atoms with Crippen molar-refractivity contribution in [3.63, 3.8) is 0 Å². The lowest BCUT2D eigenvalue weighted by Gasteiger charge is -2.22. The molecule has 2 atom stereocenters. The molecule has 1 aliphatic rings. The summed E-state index contributed by atoms with van der Waals surface area (Å²) in [6, 6.07) is 4.85. The van der Waals surface area contributed by atoms with Crippen molar-refractivity contribution in [1.29, 1.82) is 0 Å². The molecular formula is C13H16N2O4. The molecule has 2 rings (SSSR count). The van der Waals surface area contributed by atoms with Crippen LogP contribution in [0, 0.1) is 5.92 Å². The van der Waals surface area contributed by atoms with Gasteiger partial charge < -0.3 is 20.9 Å². The topological polar surface area (TPSA) is 102 Å². The lowest BCUT2D eigenvalue weighted by Crippen LogP contribution is -2.26. The first-order chi connectivity index (χ1) is 8.97. The van der Waals surface area contributed by atoms with Gasteiger partial charge in [-0.15, -0.1) is 0 Å². The molecule has 102 valence electrons. The summed E-state index contributed by atoms with van der Waals surface area (Å²) >= 11 is 0. The van der Waals surface area contributed by atoms with E-state index < -0.39 is 12.0 Å². The Labute approximate surface area is 110 Å². The van der Waals surface area contributed by atoms with Gasteiger partial charge in [-0.2, -0.15) is 0 Å². The predicted molar refractivity (Wildman–Crippen MR) is 68.9 cm³/mol. The van der Waals surface area contributed by atoms with Crippen molar-refractivity contribution < 1.29 is 19.4 Å². The van der Waals surface area contributed by atoms with Crippen LogP contribution in [0.2, 0.25) is 0 Å². The number of benzene rings is 1. The number of hydrogen-bond acceptors (Lipinski definition) is 4. The highest BCUT2D eigenvalue weighted by Gasteiger charge is 2.21. The van der Waals surface area contributed by atoms with Crippen molar-refractivity contribution in [2.75, 3.05) is 11.9 Å². The molecule has 2 unspecified atom stereocenters. The fraction of sp³-hybridized carbons (Fsp3) is 0.385. The highest BCUT2D eigenvalue weighted by atomic mass is 16.5. The van der Waals surface area contributed by atoms with E-state index in [-0.39, 0.29) is 24.9 Å². The number of fused-ring (bicyclic) bond motifs is 1. The fourth-order valence-electron chi connectivity index (χ4n) is 2.04. The van der Waals surface area contributed by atoms with Crippen molar-refractivity contribution >= 4 is 17.6 Å². The van der Waals surface area contributed by atoms with Crippen LogP contribution in [0.5, 0.6) is 5.75 Å². The number of amides is 1. The van der Waals surface area contributed by atoms with E-state index in [2.05, 4.69) is 5.32 Å². The van der Waals surface area contributed by atoms with E-state index in [1.807, 2.05) is 0 Å². The summed E-state index contributed by atoms with van der Waals surface area (Å²) in [6.07, 6.45) is 0.00110. The third-order valence-electron chi connectivity index (χ3n) is 3.13. The fourth-order valence-corrected chi connectivity index (χ4v) is 2.04. The van der Waals surface area contributed by atoms with Crippen molar-refractivity contribution in [2.24, 2.45) is 11.7 Å². The van der Waals surface area contributed by atoms with Crippen LogP contribution in [-0.4, -0.2) is 23.6 Å². The second-order valence-electron chi connectivity index (χ2n) is 4.69. The zero-order valence-electron chi connectivity index (χ0n) is 10.6. The lowest BCUT2D eigenvalue weighted by molar-refractivity contribution is -0.138. The normalized spacial score (nSPS) is 16.8. The van der Waals surface area contributed by atoms with Crippen LogP contribution in [0.1, 0.15) is 24.9 Å². The number of ether oxygens (including phenoxy) is 1. The highest BCUT2D eigenvalue weighted by molar-refractivity contribution is 5.95. The van der Waals surface area contributed by atoms with Gasteiger partial charge >= 0.3 is 5.97 Å². The average Bonchev–Trinajstić information content (AvgIpc) is 2.36. The molecule has 1 heterocycles. The number of carbonyl (C=O) groups excluding carboxylic acids is 1. The van der Waals surface area contributed by atoms with Crippen LogP contribution in [-0.2, 0) is 9.59 Å². The molecule has 0 saturated heterocycles. The number of carboxylic acids is 1. The van der Waals surface area contributed by atoms with Gasteiger partial charge in [0.05, 0.1) is 5.69 Å². The van der Waals surface area contributed by atoms with Crippen molar-refractivity contribution in [3.05, 3.63) is 23.8 Å². The first kappa shape index (κ1) is 13.4. The quantitative estimate of drug-likeness (QED) is 0.756. The van der Waals surface area contributed by atoms with Crippen LogP contribution >= 0.6 is 0 Å². The van der Waals surface area contributed by atoms with Crippen LogP contribution in [0.15, 0.2) is 18.2 Å². The molecular weight excluding hydrogens is 248 g/mol. The summed E-state index contributed by atoms with van der Waals surface area (Å²) in [5.74, 6) is -0.688. The Hall–Kier alpha value is -2.08. The summed E-state index contributed by atoms with van der Waals surface area (Å²) in [5, 5.41) is 11.5. The number of nitrogens with one attached hydrogen (secondary N) is 1. The van der Waals surface area contributed by atoms with Gasteiger partial charge in [0.25, 0.3) is 5.91 Å². The van der Waals surface area contributed by atoms with Gasteiger partial charge in [-0.25, -0.2) is 0 Å². The van der Waals surface area contributed by atoms with Gasteiger partial charge in [-0.05, 0) is 23.6 Å². The van der Waals surface area contributed by atoms with Gasteiger partial charge in [0, 0.05) is 12.5 Å². The molecule has 1 amide bonds. The maximum atomic E-state index is 11.2. The number of aliphatic carboxylic acids is 1. The maximum Gasteiger partial charge on any atom is 0.303 e. The Morgan fingerprint density at radius 3 is 3.00 bits per heavy atom. The van der Waals surface area contributed by atoms with E-state index >= 15 is 0 Å². The van der Waals surface area contributed by atoms with Crippen LogP contribution in [0.4, 0.5) is 5.69 Å². The summed E-state index contributed by atoms with van der Waals surface area (Å²) in [7, 11) is 0. The molecule has 1 aliphatic heterocycles. The Bertz CT molecular complexity index is 515. The molecule has 0 spiro atoms. The maximum absolute atomic E-state index is 11.2. The minimum absolute atomic E-state index is 0.00110. The van der Waals surface area contributed by atoms with E-state index in [1.54, 1.807) is 25.1 Å². The van der Waals surface area contributed by atoms with Crippen molar-refractivity contribution in [3.8, 4) is 5.75 Å². The SMILES string of the molecule is CC(CC(=O)O)C(N)c1ccc2c(c1)NC(=O)CO2. The van der Waals surface area contributed by atoms with Gasteiger partial charge in [-0.1, -0.05) is 13.0 Å². The summed E-state index contributed by atoms with van der Waals surface area (Å²) < 4.78 is 5.25. The Balaban J connectivity index is 2.19. The molecule has 0 radical (unpaired) electrons. The van der Waals surface area contributed by atoms with Crippen LogP contribution in [0.25, 0.3) is 0 Å². The van der Waals surface area contributed by atoms with E-state index in [9.17, 15) is 9.59 Å². The monoisotopic (exact) mass is 264 g/mol. The van der Waals surface area contributed by atoms with E-state index in [4.69, 9.17) is 15.6 Å². The molecule has 0 bridgehead atoms. The Kier molecular flexibility index (Phi) is 3.71. The second-order valence-corrected chi connectivity index (χ2v) is 4.69. The largest absolute Gasteiger partial charge is 0.482 e. The third kappa shape index (κ3) is 3.03. The first-order valence-corrected chi connectivity index (χ1v) is 6.01. The van der Waals surface area contributed by atoms with Gasteiger partial charge in [0.2, 0.25) is 0 Å². The smallest absolute Gasteiger partial charge is 0.303 e. The Morgan fingerprint density at radius 1 is 1.58 bits per heavy atom. The van der Waals surface area contributed by atoms with Crippen LogP contribution < -0.4 is 15.8 Å². The minimum atomic E-state index is -0.877.